The number of carbonyl (C=O) groups is 1. The third-order valence-electron chi connectivity index (χ3n) is 7.24. The highest BCUT2D eigenvalue weighted by atomic mass is 16.2. The van der Waals surface area contributed by atoms with Crippen molar-refractivity contribution in [2.45, 2.75) is 38.1 Å². The monoisotopic (exact) mass is 448 g/mol. The largest absolute Gasteiger partial charge is 0.371 e. The minimum Gasteiger partial charge on any atom is -0.371 e. The quantitative estimate of drug-likeness (QED) is 0.665. The van der Waals surface area contributed by atoms with E-state index >= 15 is 0 Å². The van der Waals surface area contributed by atoms with Crippen molar-refractivity contribution in [3.8, 4) is 0 Å². The molecule has 2 saturated heterocycles. The predicted molar refractivity (Wildman–Crippen MR) is 137 cm³/mol. The van der Waals surface area contributed by atoms with Crippen LogP contribution in [0.2, 0.25) is 0 Å². The van der Waals surface area contributed by atoms with Crippen LogP contribution in [0.4, 0.5) is 5.69 Å². The third kappa shape index (κ3) is 6.81. The standard InChI is InChI=1S/C28H40N4O/c1-30(2)28(33)25-10-12-27(13-11-25)32-19-15-26(16-20-32)29-21-24-9-6-17-31(22-24)18-14-23-7-4-3-5-8-23/h3-5,7-8,10-13,24,26,29H,6,9,14-22H2,1-2H3. The van der Waals surface area contributed by atoms with Gasteiger partial charge in [0, 0.05) is 57.6 Å². The van der Waals surface area contributed by atoms with Crippen LogP contribution >= 0.6 is 0 Å². The number of likely N-dealkylation sites (tertiary alicyclic amines) is 1. The van der Waals surface area contributed by atoms with Gasteiger partial charge in [-0.1, -0.05) is 30.3 Å². The summed E-state index contributed by atoms with van der Waals surface area (Å²) in [7, 11) is 3.59. The lowest BCUT2D eigenvalue weighted by Gasteiger charge is -2.37. The summed E-state index contributed by atoms with van der Waals surface area (Å²) in [5, 5.41) is 3.89. The summed E-state index contributed by atoms with van der Waals surface area (Å²) in [5.41, 5.74) is 3.43. The van der Waals surface area contributed by atoms with Crippen molar-refractivity contribution in [3.63, 3.8) is 0 Å². The number of nitrogens with zero attached hydrogens (tertiary/aromatic N) is 3. The van der Waals surface area contributed by atoms with E-state index in [-0.39, 0.29) is 5.91 Å². The summed E-state index contributed by atoms with van der Waals surface area (Å²) in [6.07, 6.45) is 6.20. The van der Waals surface area contributed by atoms with Crippen LogP contribution in [0.5, 0.6) is 0 Å². The number of rotatable bonds is 8. The molecule has 1 atom stereocenters. The van der Waals surface area contributed by atoms with Gasteiger partial charge in [-0.3, -0.25) is 4.79 Å². The number of benzene rings is 2. The maximum Gasteiger partial charge on any atom is 0.253 e. The van der Waals surface area contributed by atoms with Gasteiger partial charge < -0.3 is 20.0 Å². The second-order valence-corrected chi connectivity index (χ2v) is 9.96. The first-order chi connectivity index (χ1) is 16.1. The number of piperidine rings is 2. The van der Waals surface area contributed by atoms with E-state index in [2.05, 4.69) is 57.6 Å². The second kappa shape index (κ2) is 11.7. The zero-order chi connectivity index (χ0) is 23.0. The highest BCUT2D eigenvalue weighted by Gasteiger charge is 2.23. The Morgan fingerprint density at radius 2 is 1.70 bits per heavy atom. The Hall–Kier alpha value is -2.37. The molecule has 2 aliphatic heterocycles. The van der Waals surface area contributed by atoms with Crippen molar-refractivity contribution in [1.82, 2.24) is 15.1 Å². The molecular weight excluding hydrogens is 408 g/mol. The summed E-state index contributed by atoms with van der Waals surface area (Å²) in [6, 6.07) is 19.6. The Labute approximate surface area is 199 Å². The second-order valence-electron chi connectivity index (χ2n) is 9.96. The molecule has 0 bridgehead atoms. The zero-order valence-corrected chi connectivity index (χ0v) is 20.4. The normalized spacial score (nSPS) is 20.1. The Kier molecular flexibility index (Phi) is 8.40. The van der Waals surface area contributed by atoms with E-state index < -0.39 is 0 Å². The summed E-state index contributed by atoms with van der Waals surface area (Å²) < 4.78 is 0. The molecule has 2 aromatic rings. The molecule has 2 heterocycles. The Bertz CT molecular complexity index is 859. The van der Waals surface area contributed by atoms with Crippen LogP contribution in [-0.4, -0.2) is 75.1 Å². The molecule has 0 aliphatic carbocycles. The van der Waals surface area contributed by atoms with Gasteiger partial charge in [0.1, 0.15) is 0 Å². The van der Waals surface area contributed by atoms with E-state index in [1.165, 1.54) is 56.6 Å². The molecule has 2 fully saturated rings. The number of anilines is 1. The first-order valence-corrected chi connectivity index (χ1v) is 12.6. The van der Waals surface area contributed by atoms with Crippen molar-refractivity contribution < 1.29 is 4.79 Å². The Balaban J connectivity index is 1.17. The Morgan fingerprint density at radius 1 is 0.970 bits per heavy atom. The van der Waals surface area contributed by atoms with Gasteiger partial charge >= 0.3 is 0 Å². The van der Waals surface area contributed by atoms with E-state index in [1.54, 1.807) is 19.0 Å². The van der Waals surface area contributed by atoms with Gasteiger partial charge in [-0.25, -0.2) is 0 Å². The molecule has 2 aromatic carbocycles. The van der Waals surface area contributed by atoms with Crippen LogP contribution < -0.4 is 10.2 Å². The fraction of sp³-hybridized carbons (Fsp3) is 0.536. The number of hydrogen-bond donors (Lipinski definition) is 1. The van der Waals surface area contributed by atoms with Gasteiger partial charge in [0.2, 0.25) is 0 Å². The Morgan fingerprint density at radius 3 is 2.39 bits per heavy atom. The van der Waals surface area contributed by atoms with Gasteiger partial charge in [0.15, 0.2) is 0 Å². The molecule has 2 aliphatic rings. The van der Waals surface area contributed by atoms with E-state index in [1.807, 2.05) is 12.1 Å². The molecule has 1 unspecified atom stereocenters. The zero-order valence-electron chi connectivity index (χ0n) is 20.4. The number of carbonyl (C=O) groups excluding carboxylic acids is 1. The molecule has 0 radical (unpaired) electrons. The third-order valence-corrected chi connectivity index (χ3v) is 7.24. The number of nitrogens with one attached hydrogen (secondary N) is 1. The van der Waals surface area contributed by atoms with Crippen molar-refractivity contribution in [2.75, 3.05) is 58.3 Å². The lowest BCUT2D eigenvalue weighted by Crippen LogP contribution is -2.46. The maximum atomic E-state index is 12.1. The molecular formula is C28H40N4O. The molecule has 4 rings (SSSR count). The first-order valence-electron chi connectivity index (χ1n) is 12.6. The minimum absolute atomic E-state index is 0.0609. The highest BCUT2D eigenvalue weighted by Crippen LogP contribution is 2.22. The highest BCUT2D eigenvalue weighted by molar-refractivity contribution is 5.94. The summed E-state index contributed by atoms with van der Waals surface area (Å²) in [5.74, 6) is 0.833. The molecule has 1 amide bonds. The summed E-state index contributed by atoms with van der Waals surface area (Å²) in [4.78, 5) is 18.8. The number of hydrogen-bond acceptors (Lipinski definition) is 4. The molecule has 0 spiro atoms. The van der Waals surface area contributed by atoms with Crippen molar-refractivity contribution in [1.29, 1.82) is 0 Å². The van der Waals surface area contributed by atoms with Gasteiger partial charge in [-0.15, -0.1) is 0 Å². The van der Waals surface area contributed by atoms with Crippen LogP contribution in [-0.2, 0) is 6.42 Å². The van der Waals surface area contributed by atoms with Gasteiger partial charge in [0.05, 0.1) is 0 Å². The van der Waals surface area contributed by atoms with Crippen LogP contribution in [0.15, 0.2) is 54.6 Å². The molecule has 33 heavy (non-hydrogen) atoms. The fourth-order valence-corrected chi connectivity index (χ4v) is 5.20. The van der Waals surface area contributed by atoms with E-state index in [9.17, 15) is 4.79 Å². The summed E-state index contributed by atoms with van der Waals surface area (Å²) in [6.45, 7) is 6.96. The molecule has 0 saturated carbocycles. The minimum atomic E-state index is 0.0609. The SMILES string of the molecule is CN(C)C(=O)c1ccc(N2CCC(NCC3CCCN(CCc4ccccc4)C3)CC2)cc1. The van der Waals surface area contributed by atoms with Crippen molar-refractivity contribution in [2.24, 2.45) is 5.92 Å². The summed E-state index contributed by atoms with van der Waals surface area (Å²) >= 11 is 0. The average molecular weight is 449 g/mol. The van der Waals surface area contributed by atoms with Crippen LogP contribution in [0.25, 0.3) is 0 Å². The van der Waals surface area contributed by atoms with Crippen molar-refractivity contribution in [3.05, 3.63) is 65.7 Å². The molecule has 1 N–H and O–H groups in total. The topological polar surface area (TPSA) is 38.8 Å². The maximum absolute atomic E-state index is 12.1. The van der Waals surface area contributed by atoms with Gasteiger partial charge in [-0.05, 0) is 80.9 Å². The van der Waals surface area contributed by atoms with Gasteiger partial charge in [0.25, 0.3) is 5.91 Å². The fourth-order valence-electron chi connectivity index (χ4n) is 5.20. The van der Waals surface area contributed by atoms with Crippen molar-refractivity contribution >= 4 is 11.6 Å². The first kappa shape index (κ1) is 23.8. The van der Waals surface area contributed by atoms with Crippen LogP contribution in [0.3, 0.4) is 0 Å². The van der Waals surface area contributed by atoms with Crippen LogP contribution in [0, 0.1) is 5.92 Å². The molecule has 0 aromatic heterocycles. The molecule has 5 heteroatoms. The van der Waals surface area contributed by atoms with E-state index in [4.69, 9.17) is 0 Å². The lowest BCUT2D eigenvalue weighted by atomic mass is 9.96. The smallest absolute Gasteiger partial charge is 0.253 e. The lowest BCUT2D eigenvalue weighted by molar-refractivity contribution is 0.0827. The molecule has 5 nitrogen and oxygen atoms in total. The van der Waals surface area contributed by atoms with Crippen LogP contribution in [0.1, 0.15) is 41.6 Å². The van der Waals surface area contributed by atoms with E-state index in [0.717, 1.165) is 37.5 Å². The molecule has 178 valence electrons. The number of amides is 1. The van der Waals surface area contributed by atoms with E-state index in [0.29, 0.717) is 6.04 Å². The average Bonchev–Trinajstić information content (AvgIpc) is 2.87. The predicted octanol–water partition coefficient (Wildman–Crippen LogP) is 3.90. The van der Waals surface area contributed by atoms with Gasteiger partial charge in [-0.2, -0.15) is 0 Å².